The number of carbonyl (C=O) groups excluding carboxylic acids is 3. The summed E-state index contributed by atoms with van der Waals surface area (Å²) < 4.78 is 5.64. The third-order valence-corrected chi connectivity index (χ3v) is 7.04. The smallest absolute Gasteiger partial charge is 0.339 e. The molecule has 0 saturated carbocycles. The summed E-state index contributed by atoms with van der Waals surface area (Å²) in [6.45, 7) is -0.103. The van der Waals surface area contributed by atoms with Gasteiger partial charge < -0.3 is 4.74 Å². The maximum atomic E-state index is 13.4. The summed E-state index contributed by atoms with van der Waals surface area (Å²) >= 11 is 6.03. The van der Waals surface area contributed by atoms with Crippen molar-refractivity contribution in [2.75, 3.05) is 13.2 Å². The first-order chi connectivity index (χ1) is 18.0. The number of rotatable bonds is 5. The number of allylic oxidation sites excluding steroid dienone is 1. The molecule has 0 bridgehead atoms. The molecule has 6 nitrogen and oxygen atoms in total. The van der Waals surface area contributed by atoms with E-state index in [1.165, 1.54) is 0 Å². The molecule has 2 heterocycles. The van der Waals surface area contributed by atoms with Gasteiger partial charge in [0, 0.05) is 10.4 Å². The molecule has 0 N–H and O–H groups in total. The number of para-hydroxylation sites is 1. The van der Waals surface area contributed by atoms with Crippen LogP contribution in [0.25, 0.3) is 22.6 Å². The number of amides is 2. The summed E-state index contributed by atoms with van der Waals surface area (Å²) in [7, 11) is 0. The summed E-state index contributed by atoms with van der Waals surface area (Å²) in [4.78, 5) is 44.7. The van der Waals surface area contributed by atoms with Crippen LogP contribution in [-0.4, -0.2) is 40.8 Å². The Morgan fingerprint density at radius 2 is 1.59 bits per heavy atom. The Morgan fingerprint density at radius 3 is 2.32 bits per heavy atom. The van der Waals surface area contributed by atoms with Gasteiger partial charge in [0.25, 0.3) is 11.8 Å². The van der Waals surface area contributed by atoms with Crippen LogP contribution in [0.15, 0.2) is 72.8 Å². The Bertz CT molecular complexity index is 1590. The average Bonchev–Trinajstić information content (AvgIpc) is 3.42. The van der Waals surface area contributed by atoms with E-state index in [4.69, 9.17) is 21.3 Å². The van der Waals surface area contributed by atoms with Gasteiger partial charge in [0.2, 0.25) is 0 Å². The van der Waals surface area contributed by atoms with E-state index >= 15 is 0 Å². The molecule has 0 unspecified atom stereocenters. The molecule has 1 aliphatic heterocycles. The van der Waals surface area contributed by atoms with Crippen molar-refractivity contribution < 1.29 is 19.1 Å². The maximum absolute atomic E-state index is 13.4. The van der Waals surface area contributed by atoms with Crippen molar-refractivity contribution in [2.45, 2.75) is 12.8 Å². The van der Waals surface area contributed by atoms with Crippen molar-refractivity contribution in [1.82, 2.24) is 9.88 Å². The van der Waals surface area contributed by atoms with E-state index in [-0.39, 0.29) is 25.0 Å². The molecule has 6 rings (SSSR count). The third kappa shape index (κ3) is 4.09. The topological polar surface area (TPSA) is 76.6 Å². The van der Waals surface area contributed by atoms with Crippen molar-refractivity contribution >= 4 is 51.9 Å². The highest BCUT2D eigenvalue weighted by Crippen LogP contribution is 2.38. The first kappa shape index (κ1) is 23.1. The molecule has 3 aromatic carbocycles. The van der Waals surface area contributed by atoms with Crippen LogP contribution in [0, 0.1) is 0 Å². The maximum Gasteiger partial charge on any atom is 0.339 e. The Hall–Kier alpha value is -4.29. The zero-order valence-electron chi connectivity index (χ0n) is 19.7. The first-order valence-corrected chi connectivity index (χ1v) is 12.4. The van der Waals surface area contributed by atoms with E-state index < -0.39 is 5.97 Å². The van der Waals surface area contributed by atoms with Gasteiger partial charge in [0.15, 0.2) is 0 Å². The number of nitrogens with zero attached hydrogens (tertiary/aromatic N) is 2. The van der Waals surface area contributed by atoms with Crippen LogP contribution < -0.4 is 0 Å². The van der Waals surface area contributed by atoms with Crippen molar-refractivity contribution in [3.05, 3.63) is 111 Å². The fraction of sp³-hybridized carbons (Fsp3) is 0.133. The van der Waals surface area contributed by atoms with Gasteiger partial charge in [-0.25, -0.2) is 9.78 Å². The highest BCUT2D eigenvalue weighted by molar-refractivity contribution is 6.30. The van der Waals surface area contributed by atoms with Crippen molar-refractivity contribution in [3.63, 3.8) is 0 Å². The predicted molar refractivity (Wildman–Crippen MR) is 141 cm³/mol. The number of benzene rings is 3. The number of pyridine rings is 1. The van der Waals surface area contributed by atoms with Crippen molar-refractivity contribution in [2.24, 2.45) is 0 Å². The molecule has 0 spiro atoms. The second-order valence-corrected chi connectivity index (χ2v) is 9.43. The summed E-state index contributed by atoms with van der Waals surface area (Å²) in [6, 6.07) is 21.8. The second-order valence-electron chi connectivity index (χ2n) is 9.00. The van der Waals surface area contributed by atoms with Gasteiger partial charge in [-0.2, -0.15) is 0 Å². The Morgan fingerprint density at radius 1 is 0.919 bits per heavy atom. The molecule has 0 radical (unpaired) electrons. The molecule has 37 heavy (non-hydrogen) atoms. The SMILES string of the molecule is O=C(OCCN1C(=O)c2ccccc2C1=O)c1c2c(nc3ccccc13)/C(=C/c1ccc(Cl)cc1)CC2. The van der Waals surface area contributed by atoms with E-state index in [0.717, 1.165) is 39.1 Å². The molecular formula is C30H21ClN2O4. The number of halogens is 1. The molecule has 4 aromatic rings. The second kappa shape index (κ2) is 9.30. The Labute approximate surface area is 218 Å². The summed E-state index contributed by atoms with van der Waals surface area (Å²) in [6.07, 6.45) is 3.48. The molecule has 182 valence electrons. The van der Waals surface area contributed by atoms with Crippen LogP contribution in [-0.2, 0) is 11.2 Å². The number of carbonyl (C=O) groups is 3. The summed E-state index contributed by atoms with van der Waals surface area (Å²) in [5.41, 5.74) is 5.63. The standard InChI is InChI=1S/C30H21ClN2O4/c31-20-12-9-18(10-13-20)17-19-11-14-24-26(23-7-3-4-8-25(23)32-27(19)24)30(36)37-16-15-33-28(34)21-5-1-2-6-22(21)29(33)35/h1-10,12-13,17H,11,14-16H2/b19-17+. The zero-order valence-corrected chi connectivity index (χ0v) is 20.5. The van der Waals surface area contributed by atoms with Gasteiger partial charge in [-0.05, 0) is 65.9 Å². The lowest BCUT2D eigenvalue weighted by Gasteiger charge is -2.15. The Balaban J connectivity index is 1.27. The fourth-order valence-corrected chi connectivity index (χ4v) is 5.14. The highest BCUT2D eigenvalue weighted by Gasteiger charge is 2.35. The molecular weight excluding hydrogens is 488 g/mol. The lowest BCUT2D eigenvalue weighted by molar-refractivity contribution is 0.0421. The van der Waals surface area contributed by atoms with Crippen molar-refractivity contribution in [1.29, 1.82) is 0 Å². The quantitative estimate of drug-likeness (QED) is 0.250. The normalized spacial score (nSPS) is 15.4. The largest absolute Gasteiger partial charge is 0.460 e. The van der Waals surface area contributed by atoms with Gasteiger partial charge in [-0.15, -0.1) is 0 Å². The Kier molecular flexibility index (Phi) is 5.81. The number of imide groups is 1. The molecule has 1 aliphatic carbocycles. The van der Waals surface area contributed by atoms with Crippen LogP contribution in [0.5, 0.6) is 0 Å². The zero-order chi connectivity index (χ0) is 25.5. The minimum absolute atomic E-state index is 0.00892. The minimum atomic E-state index is -0.487. The minimum Gasteiger partial charge on any atom is -0.460 e. The van der Waals surface area contributed by atoms with E-state index in [9.17, 15) is 14.4 Å². The fourth-order valence-electron chi connectivity index (χ4n) is 5.02. The number of hydrogen-bond donors (Lipinski definition) is 0. The van der Waals surface area contributed by atoms with Crippen LogP contribution in [0.4, 0.5) is 0 Å². The van der Waals surface area contributed by atoms with E-state index in [2.05, 4.69) is 6.08 Å². The summed E-state index contributed by atoms with van der Waals surface area (Å²) in [5, 5.41) is 1.39. The van der Waals surface area contributed by atoms with Crippen LogP contribution in [0.3, 0.4) is 0 Å². The van der Waals surface area contributed by atoms with E-state index in [0.29, 0.717) is 33.7 Å². The van der Waals surface area contributed by atoms with Gasteiger partial charge in [0.1, 0.15) is 6.61 Å². The molecule has 2 aliphatic rings. The molecule has 1 aromatic heterocycles. The molecule has 0 atom stereocenters. The molecule has 7 heteroatoms. The van der Waals surface area contributed by atoms with Crippen LogP contribution in [0.2, 0.25) is 5.02 Å². The monoisotopic (exact) mass is 508 g/mol. The number of fused-ring (bicyclic) bond motifs is 3. The third-order valence-electron chi connectivity index (χ3n) is 6.78. The lowest BCUT2D eigenvalue weighted by atomic mass is 10.0. The van der Waals surface area contributed by atoms with Gasteiger partial charge in [0.05, 0.1) is 34.4 Å². The predicted octanol–water partition coefficient (Wildman–Crippen LogP) is 5.83. The van der Waals surface area contributed by atoms with E-state index in [1.54, 1.807) is 24.3 Å². The van der Waals surface area contributed by atoms with Gasteiger partial charge in [-0.1, -0.05) is 54.1 Å². The van der Waals surface area contributed by atoms with Crippen LogP contribution >= 0.6 is 11.6 Å². The number of esters is 1. The average molecular weight is 509 g/mol. The molecule has 0 fully saturated rings. The van der Waals surface area contributed by atoms with Crippen LogP contribution in [0.1, 0.15) is 54.3 Å². The van der Waals surface area contributed by atoms with E-state index in [1.807, 2.05) is 48.5 Å². The highest BCUT2D eigenvalue weighted by atomic mass is 35.5. The molecule has 2 amide bonds. The number of hydrogen-bond acceptors (Lipinski definition) is 5. The molecule has 0 saturated heterocycles. The summed E-state index contributed by atoms with van der Waals surface area (Å²) in [5.74, 6) is -1.23. The van der Waals surface area contributed by atoms with Gasteiger partial charge >= 0.3 is 5.97 Å². The lowest BCUT2D eigenvalue weighted by Crippen LogP contribution is -2.33. The first-order valence-electron chi connectivity index (χ1n) is 12.0. The number of ether oxygens (including phenoxy) is 1. The van der Waals surface area contributed by atoms with Gasteiger partial charge in [-0.3, -0.25) is 14.5 Å². The van der Waals surface area contributed by atoms with Crippen molar-refractivity contribution in [3.8, 4) is 0 Å². The number of aromatic nitrogens is 1.